The summed E-state index contributed by atoms with van der Waals surface area (Å²) in [4.78, 5) is 14.4. The maximum Gasteiger partial charge on any atom is 0.235 e. The van der Waals surface area contributed by atoms with Crippen molar-refractivity contribution in [1.82, 2.24) is 10.2 Å². The van der Waals surface area contributed by atoms with E-state index in [1.807, 2.05) is 35.2 Å². The highest BCUT2D eigenvalue weighted by molar-refractivity contribution is 5.79. The van der Waals surface area contributed by atoms with Crippen molar-refractivity contribution in [3.63, 3.8) is 0 Å². The van der Waals surface area contributed by atoms with Crippen molar-refractivity contribution in [1.29, 1.82) is 5.26 Å². The molecular weight excluding hydrogens is 302 g/mol. The highest BCUT2D eigenvalue weighted by atomic mass is 16.3. The fraction of sp³-hybridized carbons (Fsp3) is 0.579. The standard InChI is InChI=1S/C19H27N3O2/c1-18(2,24)15-22(12-16-8-4-3-5-9-16)13-17(23)21-19(14-20)10-6-7-11-19/h3-5,8-9,24H,6-7,10-13,15H2,1-2H3,(H,21,23). The van der Waals surface area contributed by atoms with Crippen molar-refractivity contribution >= 4 is 5.91 Å². The minimum Gasteiger partial charge on any atom is -0.389 e. The van der Waals surface area contributed by atoms with E-state index in [0.29, 0.717) is 13.1 Å². The average molecular weight is 329 g/mol. The fourth-order valence-electron chi connectivity index (χ4n) is 3.31. The van der Waals surface area contributed by atoms with Crippen molar-refractivity contribution in [3.05, 3.63) is 35.9 Å². The number of amides is 1. The summed E-state index contributed by atoms with van der Waals surface area (Å²) in [6, 6.07) is 12.2. The number of hydrogen-bond acceptors (Lipinski definition) is 4. The van der Waals surface area contributed by atoms with Crippen LogP contribution in [-0.4, -0.2) is 40.1 Å². The second kappa shape index (κ2) is 7.78. The number of nitrogens with zero attached hydrogens (tertiary/aromatic N) is 2. The van der Waals surface area contributed by atoms with Gasteiger partial charge in [0, 0.05) is 13.1 Å². The maximum atomic E-state index is 12.5. The number of benzene rings is 1. The summed E-state index contributed by atoms with van der Waals surface area (Å²) in [5, 5.41) is 22.5. The lowest BCUT2D eigenvalue weighted by molar-refractivity contribution is -0.124. The zero-order valence-electron chi connectivity index (χ0n) is 14.6. The molecule has 0 aromatic heterocycles. The van der Waals surface area contributed by atoms with E-state index in [1.165, 1.54) is 0 Å². The monoisotopic (exact) mass is 329 g/mol. The SMILES string of the molecule is CC(C)(O)CN(CC(=O)NC1(C#N)CCCC1)Cc1ccccc1. The van der Waals surface area contributed by atoms with E-state index in [-0.39, 0.29) is 12.5 Å². The largest absolute Gasteiger partial charge is 0.389 e. The Kier molecular flexibility index (Phi) is 5.98. The third-order valence-electron chi connectivity index (χ3n) is 4.28. The number of nitriles is 1. The number of nitrogens with one attached hydrogen (secondary N) is 1. The topological polar surface area (TPSA) is 76.4 Å². The molecule has 1 fully saturated rings. The summed E-state index contributed by atoms with van der Waals surface area (Å²) < 4.78 is 0. The van der Waals surface area contributed by atoms with Gasteiger partial charge in [-0.1, -0.05) is 30.3 Å². The number of carbonyl (C=O) groups is 1. The first kappa shape index (κ1) is 18.4. The molecule has 24 heavy (non-hydrogen) atoms. The third kappa shape index (κ3) is 5.63. The molecule has 0 heterocycles. The summed E-state index contributed by atoms with van der Waals surface area (Å²) >= 11 is 0. The Balaban J connectivity index is 2.01. The van der Waals surface area contributed by atoms with E-state index in [0.717, 1.165) is 31.2 Å². The first-order chi connectivity index (χ1) is 11.3. The van der Waals surface area contributed by atoms with E-state index in [4.69, 9.17) is 0 Å². The zero-order chi connectivity index (χ0) is 17.6. The lowest BCUT2D eigenvalue weighted by Crippen LogP contribution is -2.50. The molecule has 0 bridgehead atoms. The first-order valence-corrected chi connectivity index (χ1v) is 8.53. The highest BCUT2D eigenvalue weighted by Crippen LogP contribution is 2.28. The molecule has 1 amide bonds. The normalized spacial score (nSPS) is 16.8. The van der Waals surface area contributed by atoms with E-state index in [2.05, 4.69) is 11.4 Å². The Morgan fingerprint density at radius 1 is 1.33 bits per heavy atom. The lowest BCUT2D eigenvalue weighted by Gasteiger charge is -2.30. The molecule has 0 radical (unpaired) electrons. The van der Waals surface area contributed by atoms with Gasteiger partial charge < -0.3 is 10.4 Å². The molecule has 5 heteroatoms. The van der Waals surface area contributed by atoms with Gasteiger partial charge in [-0.2, -0.15) is 5.26 Å². The van der Waals surface area contributed by atoms with Crippen molar-refractivity contribution in [3.8, 4) is 6.07 Å². The summed E-state index contributed by atoms with van der Waals surface area (Å²) in [5.41, 5.74) is -0.509. The van der Waals surface area contributed by atoms with Crippen LogP contribution in [0.25, 0.3) is 0 Å². The van der Waals surface area contributed by atoms with Crippen LogP contribution >= 0.6 is 0 Å². The molecule has 2 rings (SSSR count). The van der Waals surface area contributed by atoms with Crippen molar-refractivity contribution in [2.45, 2.75) is 57.2 Å². The molecule has 0 saturated heterocycles. The molecule has 1 aliphatic carbocycles. The summed E-state index contributed by atoms with van der Waals surface area (Å²) in [6.07, 6.45) is 3.40. The van der Waals surface area contributed by atoms with Crippen molar-refractivity contribution in [2.24, 2.45) is 0 Å². The molecule has 2 N–H and O–H groups in total. The molecular formula is C19H27N3O2. The van der Waals surface area contributed by atoms with Gasteiger partial charge >= 0.3 is 0 Å². The van der Waals surface area contributed by atoms with E-state index in [1.54, 1.807) is 13.8 Å². The smallest absolute Gasteiger partial charge is 0.235 e. The Morgan fingerprint density at radius 3 is 2.50 bits per heavy atom. The van der Waals surface area contributed by atoms with Crippen LogP contribution < -0.4 is 5.32 Å². The van der Waals surface area contributed by atoms with Gasteiger partial charge in [-0.3, -0.25) is 9.69 Å². The van der Waals surface area contributed by atoms with E-state index >= 15 is 0 Å². The minimum absolute atomic E-state index is 0.154. The number of aliphatic hydroxyl groups is 1. The van der Waals surface area contributed by atoms with Crippen LogP contribution in [0.4, 0.5) is 0 Å². The Morgan fingerprint density at radius 2 is 1.96 bits per heavy atom. The van der Waals surface area contributed by atoms with Gasteiger partial charge in [0.15, 0.2) is 0 Å². The van der Waals surface area contributed by atoms with Gasteiger partial charge in [-0.25, -0.2) is 0 Å². The molecule has 0 atom stereocenters. The summed E-state index contributed by atoms with van der Waals surface area (Å²) in [6.45, 7) is 4.60. The Bertz CT molecular complexity index is 581. The summed E-state index contributed by atoms with van der Waals surface area (Å²) in [7, 11) is 0. The van der Waals surface area contributed by atoms with Gasteiger partial charge in [-0.15, -0.1) is 0 Å². The Labute approximate surface area is 144 Å². The van der Waals surface area contributed by atoms with Gasteiger partial charge in [0.1, 0.15) is 5.54 Å². The average Bonchev–Trinajstić information content (AvgIpc) is 2.95. The van der Waals surface area contributed by atoms with Crippen LogP contribution in [0, 0.1) is 11.3 Å². The molecule has 1 aromatic carbocycles. The van der Waals surface area contributed by atoms with Crippen LogP contribution in [0.5, 0.6) is 0 Å². The Hall–Kier alpha value is -1.90. The van der Waals surface area contributed by atoms with Crippen molar-refractivity contribution < 1.29 is 9.90 Å². The highest BCUT2D eigenvalue weighted by Gasteiger charge is 2.35. The molecule has 0 aliphatic heterocycles. The quantitative estimate of drug-likeness (QED) is 0.804. The fourth-order valence-corrected chi connectivity index (χ4v) is 3.31. The molecule has 1 aliphatic rings. The van der Waals surface area contributed by atoms with Crippen LogP contribution in [0.15, 0.2) is 30.3 Å². The molecule has 1 aromatic rings. The third-order valence-corrected chi connectivity index (χ3v) is 4.28. The van der Waals surface area contributed by atoms with E-state index in [9.17, 15) is 15.2 Å². The molecule has 1 saturated carbocycles. The lowest BCUT2D eigenvalue weighted by atomic mass is 10.00. The van der Waals surface area contributed by atoms with Gasteiger partial charge in [0.2, 0.25) is 5.91 Å². The van der Waals surface area contributed by atoms with Crippen LogP contribution in [0.3, 0.4) is 0 Å². The number of carbonyl (C=O) groups excluding carboxylic acids is 1. The number of rotatable bonds is 7. The first-order valence-electron chi connectivity index (χ1n) is 8.53. The summed E-state index contributed by atoms with van der Waals surface area (Å²) in [5.74, 6) is -0.154. The predicted molar refractivity (Wildman–Crippen MR) is 93.0 cm³/mol. The van der Waals surface area contributed by atoms with Gasteiger partial charge in [0.25, 0.3) is 0 Å². The zero-order valence-corrected chi connectivity index (χ0v) is 14.6. The molecule has 5 nitrogen and oxygen atoms in total. The second-order valence-corrected chi connectivity index (χ2v) is 7.39. The van der Waals surface area contributed by atoms with Crippen molar-refractivity contribution in [2.75, 3.05) is 13.1 Å². The van der Waals surface area contributed by atoms with Crippen LogP contribution in [-0.2, 0) is 11.3 Å². The maximum absolute atomic E-state index is 12.5. The predicted octanol–water partition coefficient (Wildman–Crippen LogP) is 2.21. The van der Waals surface area contributed by atoms with Gasteiger partial charge in [0.05, 0.1) is 18.2 Å². The molecule has 130 valence electrons. The van der Waals surface area contributed by atoms with E-state index < -0.39 is 11.1 Å². The molecule has 0 unspecified atom stereocenters. The minimum atomic E-state index is -0.894. The van der Waals surface area contributed by atoms with Gasteiger partial charge in [-0.05, 0) is 45.1 Å². The second-order valence-electron chi connectivity index (χ2n) is 7.39. The van der Waals surface area contributed by atoms with Crippen LogP contribution in [0.1, 0.15) is 45.1 Å². The number of hydrogen-bond donors (Lipinski definition) is 2. The molecule has 0 spiro atoms. The van der Waals surface area contributed by atoms with Crippen LogP contribution in [0.2, 0.25) is 0 Å².